The molecule has 32 heavy (non-hydrogen) atoms. The number of benzene rings is 2. The van der Waals surface area contributed by atoms with Crippen molar-refractivity contribution in [2.45, 2.75) is 57.2 Å². The van der Waals surface area contributed by atoms with Crippen molar-refractivity contribution in [3.8, 4) is 0 Å². The molecule has 0 spiro atoms. The Kier molecular flexibility index (Phi) is 5.83. The lowest BCUT2D eigenvalue weighted by Crippen LogP contribution is -2.50. The maximum Gasteiger partial charge on any atom is 0.254 e. The van der Waals surface area contributed by atoms with E-state index in [-0.39, 0.29) is 23.9 Å². The van der Waals surface area contributed by atoms with Gasteiger partial charge in [0, 0.05) is 23.0 Å². The van der Waals surface area contributed by atoms with Crippen molar-refractivity contribution in [3.05, 3.63) is 93.2 Å². The summed E-state index contributed by atoms with van der Waals surface area (Å²) in [5.41, 5.74) is 3.78. The van der Waals surface area contributed by atoms with Gasteiger partial charge in [-0.25, -0.2) is 0 Å². The number of aryl methyl sites for hydroxylation is 1. The number of carbonyl (C=O) groups excluding carboxylic acids is 2. The number of hydrogen-bond donors (Lipinski definition) is 1. The third-order valence-electron chi connectivity index (χ3n) is 6.80. The quantitative estimate of drug-likeness (QED) is 0.557. The Bertz CT molecular complexity index is 1100. The second kappa shape index (κ2) is 8.91. The van der Waals surface area contributed by atoms with Crippen molar-refractivity contribution in [1.82, 2.24) is 10.2 Å². The zero-order valence-electron chi connectivity index (χ0n) is 18.3. The van der Waals surface area contributed by atoms with Crippen LogP contribution in [0.3, 0.4) is 0 Å². The predicted molar refractivity (Wildman–Crippen MR) is 128 cm³/mol. The molecule has 1 fully saturated rings. The summed E-state index contributed by atoms with van der Waals surface area (Å²) in [6, 6.07) is 19.9. The lowest BCUT2D eigenvalue weighted by Gasteiger charge is -2.44. The smallest absolute Gasteiger partial charge is 0.254 e. The molecule has 1 saturated carbocycles. The van der Waals surface area contributed by atoms with Gasteiger partial charge < -0.3 is 10.2 Å². The largest absolute Gasteiger partial charge is 0.351 e. The maximum atomic E-state index is 13.7. The van der Waals surface area contributed by atoms with Gasteiger partial charge in [-0.05, 0) is 48.4 Å². The molecule has 5 rings (SSSR count). The first-order valence-corrected chi connectivity index (χ1v) is 12.3. The standard InChI is InChI=1S/C27H28N2O2S/c1-18-12-14-19(15-13-18)17-28-26(30)24-21-9-4-5-10-22(21)27(31)29(20-7-2-3-8-20)25(24)23-11-6-16-32-23/h4-6,9-16,20,24-25H,2-3,7-8,17H2,1H3,(H,28,30)/t24-,25+/m0/s1. The number of carbonyl (C=O) groups is 2. The van der Waals surface area contributed by atoms with E-state index in [1.54, 1.807) is 11.3 Å². The van der Waals surface area contributed by atoms with E-state index in [1.165, 1.54) is 5.56 Å². The Hall–Kier alpha value is -2.92. The molecule has 0 radical (unpaired) electrons. The van der Waals surface area contributed by atoms with Gasteiger partial charge in [0.1, 0.15) is 0 Å². The molecule has 0 unspecified atom stereocenters. The van der Waals surface area contributed by atoms with E-state index in [0.29, 0.717) is 12.1 Å². The van der Waals surface area contributed by atoms with Crippen molar-refractivity contribution < 1.29 is 9.59 Å². The molecular formula is C27H28N2O2S. The van der Waals surface area contributed by atoms with Crippen LogP contribution >= 0.6 is 11.3 Å². The summed E-state index contributed by atoms with van der Waals surface area (Å²) >= 11 is 1.63. The molecule has 0 saturated heterocycles. The highest BCUT2D eigenvalue weighted by Crippen LogP contribution is 2.47. The van der Waals surface area contributed by atoms with E-state index in [4.69, 9.17) is 0 Å². The van der Waals surface area contributed by atoms with E-state index >= 15 is 0 Å². The summed E-state index contributed by atoms with van der Waals surface area (Å²) in [7, 11) is 0. The molecule has 0 bridgehead atoms. The van der Waals surface area contributed by atoms with Gasteiger partial charge >= 0.3 is 0 Å². The van der Waals surface area contributed by atoms with Crippen LogP contribution in [0.5, 0.6) is 0 Å². The number of hydrogen-bond acceptors (Lipinski definition) is 3. The monoisotopic (exact) mass is 444 g/mol. The lowest BCUT2D eigenvalue weighted by molar-refractivity contribution is -0.124. The van der Waals surface area contributed by atoms with Gasteiger partial charge in [0.2, 0.25) is 5.91 Å². The molecule has 2 aromatic carbocycles. The summed E-state index contributed by atoms with van der Waals surface area (Å²) in [6.07, 6.45) is 4.29. The summed E-state index contributed by atoms with van der Waals surface area (Å²) in [5.74, 6) is -0.381. The fourth-order valence-electron chi connectivity index (χ4n) is 5.19. The maximum absolute atomic E-state index is 13.7. The van der Waals surface area contributed by atoms with Crippen LogP contribution in [0.15, 0.2) is 66.0 Å². The fraction of sp³-hybridized carbons (Fsp3) is 0.333. The number of thiophene rings is 1. The van der Waals surface area contributed by atoms with Gasteiger partial charge in [-0.15, -0.1) is 11.3 Å². The van der Waals surface area contributed by atoms with E-state index in [1.807, 2.05) is 40.6 Å². The van der Waals surface area contributed by atoms with E-state index in [0.717, 1.165) is 41.7 Å². The predicted octanol–water partition coefficient (Wildman–Crippen LogP) is 5.60. The van der Waals surface area contributed by atoms with E-state index in [9.17, 15) is 9.59 Å². The van der Waals surface area contributed by atoms with Crippen LogP contribution in [-0.2, 0) is 11.3 Å². The number of amides is 2. The molecule has 5 heteroatoms. The Morgan fingerprint density at radius 1 is 1.03 bits per heavy atom. The van der Waals surface area contributed by atoms with Crippen LogP contribution in [0.1, 0.15) is 69.6 Å². The van der Waals surface area contributed by atoms with Crippen molar-refractivity contribution >= 4 is 23.2 Å². The molecular weight excluding hydrogens is 416 g/mol. The molecule has 1 N–H and O–H groups in total. The highest BCUT2D eigenvalue weighted by atomic mass is 32.1. The minimum Gasteiger partial charge on any atom is -0.351 e. The number of rotatable bonds is 5. The van der Waals surface area contributed by atoms with Gasteiger partial charge in [0.25, 0.3) is 5.91 Å². The van der Waals surface area contributed by atoms with E-state index < -0.39 is 5.92 Å². The molecule has 2 atom stereocenters. The van der Waals surface area contributed by atoms with Crippen molar-refractivity contribution in [2.75, 3.05) is 0 Å². The van der Waals surface area contributed by atoms with Gasteiger partial charge in [-0.2, -0.15) is 0 Å². The van der Waals surface area contributed by atoms with Gasteiger partial charge in [-0.1, -0.05) is 66.9 Å². The molecule has 1 aliphatic carbocycles. The number of nitrogens with one attached hydrogen (secondary N) is 1. The first-order valence-electron chi connectivity index (χ1n) is 11.4. The van der Waals surface area contributed by atoms with Crippen molar-refractivity contribution in [2.24, 2.45) is 0 Å². The minimum atomic E-state index is -0.423. The zero-order chi connectivity index (χ0) is 22.1. The zero-order valence-corrected chi connectivity index (χ0v) is 19.1. The Morgan fingerprint density at radius 3 is 2.50 bits per heavy atom. The summed E-state index contributed by atoms with van der Waals surface area (Å²) in [4.78, 5) is 30.5. The molecule has 164 valence electrons. The highest BCUT2D eigenvalue weighted by Gasteiger charge is 2.47. The molecule has 2 aliphatic rings. The van der Waals surface area contributed by atoms with Gasteiger partial charge in [-0.3, -0.25) is 9.59 Å². The van der Waals surface area contributed by atoms with Crippen LogP contribution in [0.25, 0.3) is 0 Å². The van der Waals surface area contributed by atoms with Crippen molar-refractivity contribution in [1.29, 1.82) is 0 Å². The second-order valence-electron chi connectivity index (χ2n) is 8.88. The molecule has 2 heterocycles. The number of nitrogens with zero attached hydrogens (tertiary/aromatic N) is 1. The first kappa shape index (κ1) is 21.0. The summed E-state index contributed by atoms with van der Waals surface area (Å²) in [5, 5.41) is 5.21. The summed E-state index contributed by atoms with van der Waals surface area (Å²) in [6.45, 7) is 2.54. The van der Waals surface area contributed by atoms with Crippen LogP contribution in [0.2, 0.25) is 0 Å². The van der Waals surface area contributed by atoms with Crippen LogP contribution in [0.4, 0.5) is 0 Å². The third kappa shape index (κ3) is 3.86. The van der Waals surface area contributed by atoms with E-state index in [2.05, 4.69) is 42.6 Å². The normalized spacial score (nSPS) is 20.9. The SMILES string of the molecule is Cc1ccc(CNC(=O)[C@H]2c3ccccc3C(=O)N(C3CCCC3)[C@@H]2c2cccs2)cc1. The average molecular weight is 445 g/mol. The first-order chi connectivity index (χ1) is 15.6. The lowest BCUT2D eigenvalue weighted by atomic mass is 9.80. The topological polar surface area (TPSA) is 49.4 Å². The van der Waals surface area contributed by atoms with Gasteiger partial charge in [0.05, 0.1) is 12.0 Å². The molecule has 1 aromatic heterocycles. The molecule has 3 aromatic rings. The summed E-state index contributed by atoms with van der Waals surface area (Å²) < 4.78 is 0. The highest BCUT2D eigenvalue weighted by molar-refractivity contribution is 7.10. The fourth-order valence-corrected chi connectivity index (χ4v) is 6.05. The average Bonchev–Trinajstić information content (AvgIpc) is 3.53. The third-order valence-corrected chi connectivity index (χ3v) is 7.74. The Labute approximate surface area is 193 Å². The van der Waals surface area contributed by atoms with Crippen LogP contribution in [0, 0.1) is 6.92 Å². The Balaban J connectivity index is 1.53. The minimum absolute atomic E-state index is 0.0214. The second-order valence-corrected chi connectivity index (χ2v) is 9.86. The molecule has 2 amide bonds. The molecule has 1 aliphatic heterocycles. The molecule has 4 nitrogen and oxygen atoms in total. The van der Waals surface area contributed by atoms with Crippen LogP contribution in [-0.4, -0.2) is 22.8 Å². The Morgan fingerprint density at radius 2 is 1.78 bits per heavy atom. The van der Waals surface area contributed by atoms with Gasteiger partial charge in [0.15, 0.2) is 0 Å². The van der Waals surface area contributed by atoms with Crippen molar-refractivity contribution in [3.63, 3.8) is 0 Å². The number of fused-ring (bicyclic) bond motifs is 1. The van der Waals surface area contributed by atoms with Crippen LogP contribution < -0.4 is 5.32 Å².